The van der Waals surface area contributed by atoms with Crippen molar-refractivity contribution in [1.82, 2.24) is 4.98 Å². The van der Waals surface area contributed by atoms with Crippen molar-refractivity contribution in [2.24, 2.45) is 0 Å². The second kappa shape index (κ2) is 9.09. The van der Waals surface area contributed by atoms with Crippen LogP contribution in [-0.4, -0.2) is 23.5 Å². The first kappa shape index (κ1) is 18.8. The molecule has 1 aromatic heterocycles. The van der Waals surface area contributed by atoms with Gasteiger partial charge < -0.3 is 4.74 Å². The van der Waals surface area contributed by atoms with Gasteiger partial charge in [0.1, 0.15) is 0 Å². The standard InChI is InChI=1S/C21H20N2O3S/c1-2-26-19(24)13-18-14-27-21(22-18)23-20(25)17-10-8-16(9-11-17)12-15-6-4-3-5-7-15/h3-11,14H,2,12-13H2,1H3,(H,22,23,25). The zero-order valence-corrected chi connectivity index (χ0v) is 15.8. The van der Waals surface area contributed by atoms with Crippen LogP contribution in [0, 0.1) is 0 Å². The summed E-state index contributed by atoms with van der Waals surface area (Å²) in [5.41, 5.74) is 3.52. The number of aromatic nitrogens is 1. The van der Waals surface area contributed by atoms with E-state index in [1.165, 1.54) is 16.9 Å². The molecule has 0 saturated heterocycles. The lowest BCUT2D eigenvalue weighted by atomic mass is 10.0. The molecule has 0 aliphatic carbocycles. The van der Waals surface area contributed by atoms with Gasteiger partial charge in [0.05, 0.1) is 18.7 Å². The minimum Gasteiger partial charge on any atom is -0.466 e. The molecule has 2 aromatic carbocycles. The number of carbonyl (C=O) groups is 2. The fourth-order valence-electron chi connectivity index (χ4n) is 2.58. The third-order valence-electron chi connectivity index (χ3n) is 3.87. The van der Waals surface area contributed by atoms with Gasteiger partial charge in [0.2, 0.25) is 0 Å². The van der Waals surface area contributed by atoms with Crippen molar-refractivity contribution in [3.05, 3.63) is 82.4 Å². The fourth-order valence-corrected chi connectivity index (χ4v) is 3.29. The predicted molar refractivity (Wildman–Crippen MR) is 106 cm³/mol. The lowest BCUT2D eigenvalue weighted by molar-refractivity contribution is -0.142. The Morgan fingerprint density at radius 1 is 1.04 bits per heavy atom. The number of amides is 1. The van der Waals surface area contributed by atoms with Crippen LogP contribution in [0.5, 0.6) is 0 Å². The molecule has 138 valence electrons. The maximum Gasteiger partial charge on any atom is 0.311 e. The number of benzene rings is 2. The quantitative estimate of drug-likeness (QED) is 0.627. The molecule has 6 heteroatoms. The van der Waals surface area contributed by atoms with E-state index in [1.54, 1.807) is 24.4 Å². The summed E-state index contributed by atoms with van der Waals surface area (Å²) in [5.74, 6) is -0.548. The second-order valence-corrected chi connectivity index (χ2v) is 6.80. The first-order valence-electron chi connectivity index (χ1n) is 8.68. The van der Waals surface area contributed by atoms with Crippen molar-refractivity contribution < 1.29 is 14.3 Å². The number of anilines is 1. The van der Waals surface area contributed by atoms with Crippen molar-refractivity contribution >= 4 is 28.3 Å². The van der Waals surface area contributed by atoms with Crippen LogP contribution < -0.4 is 5.32 Å². The molecule has 1 heterocycles. The number of nitrogens with one attached hydrogen (secondary N) is 1. The van der Waals surface area contributed by atoms with Crippen molar-refractivity contribution in [2.45, 2.75) is 19.8 Å². The summed E-state index contributed by atoms with van der Waals surface area (Å²) in [6, 6.07) is 17.7. The van der Waals surface area contributed by atoms with E-state index in [1.807, 2.05) is 30.3 Å². The van der Waals surface area contributed by atoms with Gasteiger partial charge >= 0.3 is 5.97 Å². The summed E-state index contributed by atoms with van der Waals surface area (Å²) in [4.78, 5) is 28.1. The Labute approximate surface area is 162 Å². The van der Waals surface area contributed by atoms with E-state index in [4.69, 9.17) is 4.74 Å². The Balaban J connectivity index is 1.58. The first-order valence-corrected chi connectivity index (χ1v) is 9.56. The van der Waals surface area contributed by atoms with Crippen molar-refractivity contribution in [1.29, 1.82) is 0 Å². The van der Waals surface area contributed by atoms with Gasteiger partial charge in [-0.25, -0.2) is 4.98 Å². The average molecular weight is 380 g/mol. The molecule has 27 heavy (non-hydrogen) atoms. The number of nitrogens with zero attached hydrogens (tertiary/aromatic N) is 1. The maximum absolute atomic E-state index is 12.4. The molecule has 0 aliphatic heterocycles. The molecule has 5 nitrogen and oxygen atoms in total. The molecule has 3 aromatic rings. The molecule has 0 bridgehead atoms. The third-order valence-corrected chi connectivity index (χ3v) is 4.68. The molecule has 0 saturated carbocycles. The van der Waals surface area contributed by atoms with Gasteiger partial charge in [-0.3, -0.25) is 14.9 Å². The van der Waals surface area contributed by atoms with Gasteiger partial charge in [0, 0.05) is 10.9 Å². The Kier molecular flexibility index (Phi) is 6.33. The maximum atomic E-state index is 12.4. The van der Waals surface area contributed by atoms with Crippen LogP contribution in [-0.2, 0) is 22.4 Å². The molecule has 0 spiro atoms. The van der Waals surface area contributed by atoms with Gasteiger partial charge in [0.15, 0.2) is 5.13 Å². The Morgan fingerprint density at radius 2 is 1.74 bits per heavy atom. The van der Waals surface area contributed by atoms with E-state index in [0.717, 1.165) is 12.0 Å². The zero-order valence-electron chi connectivity index (χ0n) is 15.0. The highest BCUT2D eigenvalue weighted by Crippen LogP contribution is 2.18. The lowest BCUT2D eigenvalue weighted by Gasteiger charge is -2.05. The highest BCUT2D eigenvalue weighted by atomic mass is 32.1. The number of esters is 1. The summed E-state index contributed by atoms with van der Waals surface area (Å²) >= 11 is 1.29. The molecule has 0 fully saturated rings. The Morgan fingerprint density at radius 3 is 2.44 bits per heavy atom. The normalized spacial score (nSPS) is 10.4. The number of carbonyl (C=O) groups excluding carboxylic acids is 2. The topological polar surface area (TPSA) is 68.3 Å². The van der Waals surface area contributed by atoms with Gasteiger partial charge in [-0.15, -0.1) is 11.3 Å². The molecular formula is C21H20N2O3S. The van der Waals surface area contributed by atoms with Crippen LogP contribution in [0.2, 0.25) is 0 Å². The fraction of sp³-hybridized carbons (Fsp3) is 0.190. The van der Waals surface area contributed by atoms with Crippen LogP contribution in [0.15, 0.2) is 60.0 Å². The van der Waals surface area contributed by atoms with E-state index < -0.39 is 0 Å². The summed E-state index contributed by atoms with van der Waals surface area (Å²) in [5, 5.41) is 4.98. The van der Waals surface area contributed by atoms with E-state index in [9.17, 15) is 9.59 Å². The van der Waals surface area contributed by atoms with Gasteiger partial charge in [-0.1, -0.05) is 42.5 Å². The molecule has 0 unspecified atom stereocenters. The molecule has 1 N–H and O–H groups in total. The minimum absolute atomic E-state index is 0.106. The van der Waals surface area contributed by atoms with E-state index >= 15 is 0 Å². The number of thiazole rings is 1. The average Bonchev–Trinajstić information content (AvgIpc) is 3.10. The SMILES string of the molecule is CCOC(=O)Cc1csc(NC(=O)c2ccc(Cc3ccccc3)cc2)n1. The third kappa shape index (κ3) is 5.49. The Hall–Kier alpha value is -2.99. The largest absolute Gasteiger partial charge is 0.466 e. The van der Waals surface area contributed by atoms with Crippen molar-refractivity contribution in [3.63, 3.8) is 0 Å². The second-order valence-electron chi connectivity index (χ2n) is 5.94. The molecule has 0 radical (unpaired) electrons. The highest BCUT2D eigenvalue weighted by Gasteiger charge is 2.12. The first-order chi connectivity index (χ1) is 13.1. The van der Waals surface area contributed by atoms with Crippen molar-refractivity contribution in [2.75, 3.05) is 11.9 Å². The van der Waals surface area contributed by atoms with Crippen LogP contribution in [0.3, 0.4) is 0 Å². The zero-order chi connectivity index (χ0) is 19.1. The van der Waals surface area contributed by atoms with Crippen LogP contribution in [0.4, 0.5) is 5.13 Å². The van der Waals surface area contributed by atoms with E-state index in [-0.39, 0.29) is 18.3 Å². The molecule has 1 amide bonds. The molecule has 0 atom stereocenters. The molecular weight excluding hydrogens is 360 g/mol. The minimum atomic E-state index is -0.324. The number of ether oxygens (including phenoxy) is 1. The predicted octanol–water partition coefficient (Wildman–Crippen LogP) is 4.09. The van der Waals surface area contributed by atoms with Crippen LogP contribution >= 0.6 is 11.3 Å². The summed E-state index contributed by atoms with van der Waals surface area (Å²) in [6.07, 6.45) is 0.931. The van der Waals surface area contributed by atoms with Crippen molar-refractivity contribution in [3.8, 4) is 0 Å². The number of hydrogen-bond acceptors (Lipinski definition) is 5. The number of hydrogen-bond donors (Lipinski definition) is 1. The van der Waals surface area contributed by atoms with Gasteiger partial charge in [0.25, 0.3) is 5.91 Å². The Bertz CT molecular complexity index is 905. The van der Waals surface area contributed by atoms with Gasteiger partial charge in [-0.05, 0) is 36.6 Å². The smallest absolute Gasteiger partial charge is 0.311 e. The summed E-state index contributed by atoms with van der Waals surface area (Å²) < 4.78 is 4.90. The summed E-state index contributed by atoms with van der Waals surface area (Å²) in [6.45, 7) is 2.10. The van der Waals surface area contributed by atoms with Gasteiger partial charge in [-0.2, -0.15) is 0 Å². The number of rotatable bonds is 7. The van der Waals surface area contributed by atoms with Crippen LogP contribution in [0.1, 0.15) is 34.1 Å². The highest BCUT2D eigenvalue weighted by molar-refractivity contribution is 7.14. The van der Waals surface area contributed by atoms with E-state index in [2.05, 4.69) is 22.4 Å². The molecule has 3 rings (SSSR count). The lowest BCUT2D eigenvalue weighted by Crippen LogP contribution is -2.12. The monoisotopic (exact) mass is 380 g/mol. The summed E-state index contributed by atoms with van der Waals surface area (Å²) in [7, 11) is 0. The van der Waals surface area contributed by atoms with E-state index in [0.29, 0.717) is 23.0 Å². The van der Waals surface area contributed by atoms with Crippen LogP contribution in [0.25, 0.3) is 0 Å². The molecule has 0 aliphatic rings.